The summed E-state index contributed by atoms with van der Waals surface area (Å²) in [6.45, 7) is 15.2. The van der Waals surface area contributed by atoms with Crippen LogP contribution in [-0.4, -0.2) is 29.8 Å². The Bertz CT molecular complexity index is 1160. The van der Waals surface area contributed by atoms with E-state index in [4.69, 9.17) is 4.74 Å². The fourth-order valence-electron chi connectivity index (χ4n) is 5.90. The second-order valence-electron chi connectivity index (χ2n) is 13.7. The number of hydrogen-bond donors (Lipinski definition) is 0. The number of carbonyl (C=O) groups excluding carboxylic acids is 1. The van der Waals surface area contributed by atoms with Gasteiger partial charge in [-0.3, -0.25) is 4.79 Å². The first-order valence-electron chi connectivity index (χ1n) is 17.4. The highest BCUT2D eigenvalue weighted by molar-refractivity contribution is 8.93. The molecule has 1 amide bonds. The maximum absolute atomic E-state index is 12.6. The van der Waals surface area contributed by atoms with Gasteiger partial charge in [-0.25, -0.2) is 0 Å². The average Bonchev–Trinajstić information content (AvgIpc) is 3.40. The molecule has 3 rings (SSSR count). The third-order valence-corrected chi connectivity index (χ3v) is 9.59. The third kappa shape index (κ3) is 14.6. The van der Waals surface area contributed by atoms with Crippen molar-refractivity contribution < 1.29 is 9.53 Å². The van der Waals surface area contributed by atoms with E-state index in [-0.39, 0.29) is 28.3 Å². The molecule has 0 radical (unpaired) electrons. The van der Waals surface area contributed by atoms with Crippen molar-refractivity contribution in [2.45, 2.75) is 137 Å². The third-order valence-electron chi connectivity index (χ3n) is 8.57. The Balaban J connectivity index is 0.00000705. The number of amides is 1. The van der Waals surface area contributed by atoms with Gasteiger partial charge in [-0.2, -0.15) is 0 Å². The molecule has 252 valence electrons. The summed E-state index contributed by atoms with van der Waals surface area (Å²) in [7, 11) is 0. The molecular weight excluding hydrogens is 640 g/mol. The number of carbonyl (C=O) groups is 1. The minimum atomic E-state index is -0.0143. The maximum Gasteiger partial charge on any atom is 0.223 e. The Morgan fingerprint density at radius 2 is 1.44 bits per heavy atom. The Kier molecular flexibility index (Phi) is 18.4. The molecule has 1 aliphatic rings. The SMILES string of the molecule is Br.CCCCCCCCCCCCCCOc1ccc(CCN(C(C)=O)c2ccc(CN3C=C(C)SC3)cc2)cc1C(C)(C)C. The molecule has 0 aromatic heterocycles. The molecule has 0 saturated heterocycles. The van der Waals surface area contributed by atoms with Crippen LogP contribution in [0.3, 0.4) is 0 Å². The molecule has 0 aliphatic carbocycles. The second-order valence-corrected chi connectivity index (χ2v) is 14.9. The number of ether oxygens (including phenoxy) is 1. The zero-order valence-corrected chi connectivity index (χ0v) is 31.7. The highest BCUT2D eigenvalue weighted by Crippen LogP contribution is 2.33. The van der Waals surface area contributed by atoms with E-state index in [1.165, 1.54) is 92.2 Å². The van der Waals surface area contributed by atoms with E-state index < -0.39 is 0 Å². The van der Waals surface area contributed by atoms with Gasteiger partial charge in [0.05, 0.1) is 12.5 Å². The Morgan fingerprint density at radius 3 is 1.98 bits per heavy atom. The summed E-state index contributed by atoms with van der Waals surface area (Å²) in [5.74, 6) is 2.09. The van der Waals surface area contributed by atoms with Crippen LogP contribution in [-0.2, 0) is 23.2 Å². The fourth-order valence-corrected chi connectivity index (χ4v) is 6.66. The molecule has 0 saturated carbocycles. The summed E-state index contributed by atoms with van der Waals surface area (Å²) in [4.78, 5) is 18.2. The summed E-state index contributed by atoms with van der Waals surface area (Å²) in [6.07, 6.45) is 19.2. The van der Waals surface area contributed by atoms with E-state index in [2.05, 4.69) is 88.2 Å². The molecule has 4 nitrogen and oxygen atoms in total. The lowest BCUT2D eigenvalue weighted by Gasteiger charge is -2.25. The monoisotopic (exact) mass is 700 g/mol. The first-order valence-corrected chi connectivity index (χ1v) is 18.3. The van der Waals surface area contributed by atoms with Gasteiger partial charge < -0.3 is 14.5 Å². The lowest BCUT2D eigenvalue weighted by atomic mass is 9.85. The number of thioether (sulfide) groups is 1. The van der Waals surface area contributed by atoms with Crippen LogP contribution in [0.15, 0.2) is 53.6 Å². The number of rotatable bonds is 20. The quantitative estimate of drug-likeness (QED) is 0.129. The van der Waals surface area contributed by atoms with E-state index in [1.807, 2.05) is 16.7 Å². The molecule has 6 heteroatoms. The van der Waals surface area contributed by atoms with Gasteiger partial charge in [0.1, 0.15) is 5.75 Å². The minimum Gasteiger partial charge on any atom is -0.493 e. The van der Waals surface area contributed by atoms with Gasteiger partial charge in [0.2, 0.25) is 5.91 Å². The molecule has 1 heterocycles. The van der Waals surface area contributed by atoms with Crippen LogP contribution in [0.1, 0.15) is 135 Å². The van der Waals surface area contributed by atoms with Gasteiger partial charge in [-0.05, 0) is 65.0 Å². The van der Waals surface area contributed by atoms with Crippen LogP contribution in [0.5, 0.6) is 5.75 Å². The Morgan fingerprint density at radius 1 is 0.867 bits per heavy atom. The number of anilines is 1. The normalized spacial score (nSPS) is 13.0. The molecule has 0 bridgehead atoms. The standard InChI is InChI=1S/C39H60N2O2S.BrH/c1-7-8-9-10-11-12-13-14-15-16-17-18-27-43-38-24-21-34(28-37(38)39(4,5)6)25-26-41(33(3)42)36-22-19-35(20-23-36)30-40-29-32(2)44-31-40;/h19-24,28-29H,7-18,25-27,30-31H2,1-6H3;1H. The smallest absolute Gasteiger partial charge is 0.223 e. The van der Waals surface area contributed by atoms with Gasteiger partial charge >= 0.3 is 0 Å². The minimum absolute atomic E-state index is 0. The fraction of sp³-hybridized carbons (Fsp3) is 0.615. The summed E-state index contributed by atoms with van der Waals surface area (Å²) in [5.41, 5.74) is 4.70. The van der Waals surface area contributed by atoms with Crippen molar-refractivity contribution in [3.63, 3.8) is 0 Å². The van der Waals surface area contributed by atoms with Gasteiger partial charge in [0.15, 0.2) is 0 Å². The highest BCUT2D eigenvalue weighted by Gasteiger charge is 2.20. The van der Waals surface area contributed by atoms with E-state index in [1.54, 1.807) is 6.92 Å². The number of hydrogen-bond acceptors (Lipinski definition) is 4. The topological polar surface area (TPSA) is 32.8 Å². The van der Waals surface area contributed by atoms with Crippen molar-refractivity contribution in [3.05, 3.63) is 70.3 Å². The molecule has 0 spiro atoms. The van der Waals surface area contributed by atoms with Gasteiger partial charge in [-0.1, -0.05) is 123 Å². The molecule has 0 unspecified atom stereocenters. The molecule has 45 heavy (non-hydrogen) atoms. The Hall–Kier alpha value is -1.92. The van der Waals surface area contributed by atoms with Crippen molar-refractivity contribution in [2.24, 2.45) is 0 Å². The van der Waals surface area contributed by atoms with Crippen LogP contribution in [0, 0.1) is 0 Å². The first-order chi connectivity index (χ1) is 21.2. The number of allylic oxidation sites excluding steroid dienone is 1. The van der Waals surface area contributed by atoms with E-state index >= 15 is 0 Å². The van der Waals surface area contributed by atoms with E-state index in [0.29, 0.717) is 6.54 Å². The number of nitrogens with zero attached hydrogens (tertiary/aromatic N) is 2. The molecule has 2 aromatic rings. The number of benzene rings is 2. The van der Waals surface area contributed by atoms with E-state index in [9.17, 15) is 4.79 Å². The lowest BCUT2D eigenvalue weighted by molar-refractivity contribution is -0.116. The maximum atomic E-state index is 12.6. The predicted octanol–water partition coefficient (Wildman–Crippen LogP) is 11.6. The molecular formula is C39H61BrN2O2S. The predicted molar refractivity (Wildman–Crippen MR) is 202 cm³/mol. The van der Waals surface area contributed by atoms with Crippen molar-refractivity contribution in [1.29, 1.82) is 0 Å². The second kappa shape index (κ2) is 21.1. The molecule has 1 aliphatic heterocycles. The van der Waals surface area contributed by atoms with E-state index in [0.717, 1.165) is 43.3 Å². The van der Waals surface area contributed by atoms with Crippen LogP contribution in [0.25, 0.3) is 0 Å². The summed E-state index contributed by atoms with van der Waals surface area (Å²) in [5, 5.41) is 0. The number of unbranched alkanes of at least 4 members (excludes halogenated alkanes) is 11. The van der Waals surface area contributed by atoms with Crippen molar-refractivity contribution >= 4 is 40.3 Å². The zero-order valence-electron chi connectivity index (χ0n) is 29.2. The summed E-state index contributed by atoms with van der Waals surface area (Å²) >= 11 is 1.88. The molecule has 0 N–H and O–H groups in total. The Labute approximate surface area is 290 Å². The summed E-state index contributed by atoms with van der Waals surface area (Å²) in [6, 6.07) is 15.1. The van der Waals surface area contributed by atoms with Crippen LogP contribution in [0.2, 0.25) is 0 Å². The highest BCUT2D eigenvalue weighted by atomic mass is 79.9. The van der Waals surface area contributed by atoms with Gasteiger partial charge in [0, 0.05) is 31.9 Å². The zero-order chi connectivity index (χ0) is 31.8. The van der Waals surface area contributed by atoms with Crippen molar-refractivity contribution in [3.8, 4) is 5.75 Å². The van der Waals surface area contributed by atoms with Crippen molar-refractivity contribution in [1.82, 2.24) is 4.90 Å². The van der Waals surface area contributed by atoms with Gasteiger partial charge in [-0.15, -0.1) is 28.7 Å². The largest absolute Gasteiger partial charge is 0.493 e. The molecule has 0 atom stereocenters. The number of halogens is 1. The van der Waals surface area contributed by atoms with Crippen LogP contribution < -0.4 is 9.64 Å². The van der Waals surface area contributed by atoms with Crippen LogP contribution in [0.4, 0.5) is 5.69 Å². The molecule has 2 aromatic carbocycles. The van der Waals surface area contributed by atoms with Crippen LogP contribution >= 0.6 is 28.7 Å². The first kappa shape index (κ1) is 39.3. The summed E-state index contributed by atoms with van der Waals surface area (Å²) < 4.78 is 6.34. The molecule has 0 fully saturated rings. The lowest BCUT2D eigenvalue weighted by Crippen LogP contribution is -2.30. The van der Waals surface area contributed by atoms with Crippen molar-refractivity contribution in [2.75, 3.05) is 23.9 Å². The average molecular weight is 702 g/mol. The van der Waals surface area contributed by atoms with Gasteiger partial charge in [0.25, 0.3) is 0 Å².